The smallest absolute Gasteiger partial charge is 0.480 e. The van der Waals surface area contributed by atoms with E-state index in [-0.39, 0.29) is 13.2 Å². The first-order chi connectivity index (χ1) is 15.8. The number of hydrogen-bond acceptors (Lipinski definition) is 7. The molecule has 0 aromatic heterocycles. The van der Waals surface area contributed by atoms with E-state index >= 15 is 0 Å². The largest absolute Gasteiger partial charge is 0.490 e. The minimum Gasteiger partial charge on any atom is -0.480 e. The molecule has 0 saturated carbocycles. The maximum Gasteiger partial charge on any atom is 0.490 e. The molecule has 0 bridgehead atoms. The number of carbonyl (C=O) groups excluding carboxylic acids is 4. The van der Waals surface area contributed by atoms with Crippen LogP contribution in [0.4, 0.5) is 18.0 Å². The van der Waals surface area contributed by atoms with Crippen LogP contribution in [0.3, 0.4) is 0 Å². The van der Waals surface area contributed by atoms with Crippen molar-refractivity contribution in [2.75, 3.05) is 26.2 Å². The van der Waals surface area contributed by atoms with Crippen molar-refractivity contribution in [2.45, 2.75) is 12.8 Å². The zero-order valence-corrected chi connectivity index (χ0v) is 17.3. The van der Waals surface area contributed by atoms with Gasteiger partial charge < -0.3 is 36.2 Å². The Bertz CT molecular complexity index is 864. The average Bonchev–Trinajstić information content (AvgIpc) is 2.77. The van der Waals surface area contributed by atoms with Gasteiger partial charge in [0.15, 0.2) is 0 Å². The zero-order chi connectivity index (χ0) is 26.1. The molecule has 0 aliphatic rings. The number of benzene rings is 1. The van der Waals surface area contributed by atoms with Crippen molar-refractivity contribution in [1.29, 1.82) is 0 Å². The van der Waals surface area contributed by atoms with E-state index in [1.807, 2.05) is 6.07 Å². The molecule has 0 heterocycles. The number of rotatable bonds is 10. The van der Waals surface area contributed by atoms with E-state index in [0.717, 1.165) is 5.56 Å². The number of carboxylic acid groups (broad SMARTS) is 2. The minimum atomic E-state index is -5.08. The first-order valence-electron chi connectivity index (χ1n) is 9.07. The van der Waals surface area contributed by atoms with Gasteiger partial charge in [-0.05, 0) is 5.56 Å². The fraction of sp³-hybridized carbons (Fsp3) is 0.333. The molecule has 0 saturated heterocycles. The second-order valence-electron chi connectivity index (χ2n) is 5.94. The van der Waals surface area contributed by atoms with Crippen LogP contribution in [0.2, 0.25) is 0 Å². The number of halogens is 3. The van der Waals surface area contributed by atoms with Crippen LogP contribution in [0.1, 0.15) is 5.56 Å². The van der Waals surface area contributed by atoms with E-state index in [9.17, 15) is 37.1 Å². The normalized spacial score (nSPS) is 9.97. The fourth-order valence-corrected chi connectivity index (χ4v) is 1.65. The molecule has 0 spiro atoms. The lowest BCUT2D eigenvalue weighted by Gasteiger charge is -2.08. The van der Waals surface area contributed by atoms with Crippen LogP contribution in [0.5, 0.6) is 0 Å². The number of hydrogen-bond donors (Lipinski definition) is 6. The van der Waals surface area contributed by atoms with Crippen molar-refractivity contribution in [3.63, 3.8) is 0 Å². The van der Waals surface area contributed by atoms with E-state index in [1.54, 1.807) is 24.3 Å². The lowest BCUT2D eigenvalue weighted by atomic mass is 10.2. The topological polar surface area (TPSA) is 200 Å². The molecule has 16 heteroatoms. The second-order valence-corrected chi connectivity index (χ2v) is 5.94. The molecule has 1 rings (SSSR count). The summed E-state index contributed by atoms with van der Waals surface area (Å²) < 4.78 is 36.6. The van der Waals surface area contributed by atoms with Gasteiger partial charge in [-0.15, -0.1) is 0 Å². The zero-order valence-electron chi connectivity index (χ0n) is 17.3. The van der Waals surface area contributed by atoms with Crippen molar-refractivity contribution in [3.8, 4) is 0 Å². The Morgan fingerprint density at radius 1 is 0.735 bits per heavy atom. The Hall–Kier alpha value is -4.37. The Morgan fingerprint density at radius 2 is 1.15 bits per heavy atom. The van der Waals surface area contributed by atoms with Crippen molar-refractivity contribution in [2.24, 2.45) is 0 Å². The summed E-state index contributed by atoms with van der Waals surface area (Å²) in [5.41, 5.74) is 0.793. The minimum absolute atomic E-state index is 0.0562. The Balaban J connectivity index is 0.00000135. The molecule has 0 aliphatic heterocycles. The predicted molar refractivity (Wildman–Crippen MR) is 105 cm³/mol. The molecule has 13 nitrogen and oxygen atoms in total. The van der Waals surface area contributed by atoms with E-state index in [2.05, 4.69) is 21.3 Å². The number of carbonyl (C=O) groups is 6. The summed E-state index contributed by atoms with van der Waals surface area (Å²) in [6.45, 7) is -1.73. The van der Waals surface area contributed by atoms with Crippen LogP contribution in [0, 0.1) is 0 Å². The number of alkyl carbamates (subject to hydrolysis) is 1. The van der Waals surface area contributed by atoms with Crippen LogP contribution < -0.4 is 21.3 Å². The van der Waals surface area contributed by atoms with Gasteiger partial charge in [0.2, 0.25) is 17.7 Å². The van der Waals surface area contributed by atoms with Crippen molar-refractivity contribution in [1.82, 2.24) is 21.3 Å². The predicted octanol–water partition coefficient (Wildman–Crippen LogP) is -1.02. The average molecular weight is 494 g/mol. The van der Waals surface area contributed by atoms with Crippen molar-refractivity contribution < 1.29 is 56.9 Å². The molecular weight excluding hydrogens is 473 g/mol. The highest BCUT2D eigenvalue weighted by Gasteiger charge is 2.38. The summed E-state index contributed by atoms with van der Waals surface area (Å²) in [5.74, 6) is -5.93. The summed E-state index contributed by atoms with van der Waals surface area (Å²) in [5, 5.41) is 24.2. The molecule has 0 fully saturated rings. The number of amides is 4. The fourth-order valence-electron chi connectivity index (χ4n) is 1.65. The van der Waals surface area contributed by atoms with Gasteiger partial charge in [0.25, 0.3) is 0 Å². The molecule has 1 aromatic carbocycles. The van der Waals surface area contributed by atoms with Crippen LogP contribution in [-0.4, -0.2) is 78.3 Å². The molecule has 0 aliphatic carbocycles. The lowest BCUT2D eigenvalue weighted by Crippen LogP contribution is -2.44. The highest BCUT2D eigenvalue weighted by molar-refractivity contribution is 5.90. The maximum atomic E-state index is 11.5. The Morgan fingerprint density at radius 3 is 1.56 bits per heavy atom. The molecule has 188 valence electrons. The molecular formula is C18H21F3N4O9. The van der Waals surface area contributed by atoms with Gasteiger partial charge >= 0.3 is 24.2 Å². The molecule has 4 amide bonds. The first-order valence-corrected chi connectivity index (χ1v) is 9.07. The third-order valence-corrected chi connectivity index (χ3v) is 3.18. The molecule has 0 atom stereocenters. The molecule has 34 heavy (non-hydrogen) atoms. The highest BCUT2D eigenvalue weighted by Crippen LogP contribution is 2.13. The molecule has 6 N–H and O–H groups in total. The van der Waals surface area contributed by atoms with Crippen LogP contribution in [0.25, 0.3) is 0 Å². The summed E-state index contributed by atoms with van der Waals surface area (Å²) in [6, 6.07) is 8.98. The SMILES string of the molecule is O=C(O)C(F)(F)F.O=C(O)CNC(=O)CNC(=O)CNC(=O)CNC(=O)OCc1ccccc1. The first kappa shape index (κ1) is 29.6. The molecule has 0 unspecified atom stereocenters. The Kier molecular flexibility index (Phi) is 13.5. The number of alkyl halides is 3. The van der Waals surface area contributed by atoms with Gasteiger partial charge in [-0.3, -0.25) is 19.2 Å². The number of carboxylic acids is 2. The number of aliphatic carboxylic acids is 2. The second kappa shape index (κ2) is 15.4. The van der Waals surface area contributed by atoms with Crippen LogP contribution in [0.15, 0.2) is 30.3 Å². The summed E-state index contributed by atoms with van der Waals surface area (Å²) in [7, 11) is 0. The van der Waals surface area contributed by atoms with E-state index in [1.165, 1.54) is 0 Å². The van der Waals surface area contributed by atoms with Crippen LogP contribution >= 0.6 is 0 Å². The van der Waals surface area contributed by atoms with Gasteiger partial charge in [-0.1, -0.05) is 30.3 Å². The highest BCUT2D eigenvalue weighted by atomic mass is 19.4. The summed E-state index contributed by atoms with van der Waals surface area (Å²) in [6.07, 6.45) is -5.87. The van der Waals surface area contributed by atoms with E-state index in [0.29, 0.717) is 0 Å². The standard InChI is InChI=1S/C16H20N4O7.C2HF3O2/c21-12(17-7-13(22)19-9-15(24)25)6-18-14(23)8-20-16(26)27-10-11-4-2-1-3-5-11;3-2(4,5)1(6)7/h1-5H,6-10H2,(H,17,21)(H,18,23)(H,19,22)(H,20,26)(H,24,25);(H,6,7). The quantitative estimate of drug-likeness (QED) is 0.235. The van der Waals surface area contributed by atoms with Crippen molar-refractivity contribution in [3.05, 3.63) is 35.9 Å². The van der Waals surface area contributed by atoms with Gasteiger partial charge in [0.05, 0.1) is 13.1 Å². The van der Waals surface area contributed by atoms with Gasteiger partial charge in [-0.25, -0.2) is 9.59 Å². The molecule has 1 aromatic rings. The van der Waals surface area contributed by atoms with Crippen molar-refractivity contribution >= 4 is 35.8 Å². The monoisotopic (exact) mass is 494 g/mol. The summed E-state index contributed by atoms with van der Waals surface area (Å²) >= 11 is 0. The third-order valence-electron chi connectivity index (χ3n) is 3.18. The third kappa shape index (κ3) is 16.3. The number of ether oxygens (including phenoxy) is 1. The summed E-state index contributed by atoms with van der Waals surface area (Å²) in [4.78, 5) is 64.8. The molecule has 0 radical (unpaired) electrons. The van der Waals surface area contributed by atoms with Gasteiger partial charge in [0.1, 0.15) is 19.7 Å². The van der Waals surface area contributed by atoms with Gasteiger partial charge in [0, 0.05) is 0 Å². The number of nitrogens with one attached hydrogen (secondary N) is 4. The van der Waals surface area contributed by atoms with Crippen LogP contribution in [-0.2, 0) is 35.3 Å². The van der Waals surface area contributed by atoms with E-state index < -0.39 is 61.6 Å². The Labute approximate surface area is 189 Å². The van der Waals surface area contributed by atoms with Gasteiger partial charge in [-0.2, -0.15) is 13.2 Å². The lowest BCUT2D eigenvalue weighted by molar-refractivity contribution is -0.192. The van der Waals surface area contributed by atoms with E-state index in [4.69, 9.17) is 19.7 Å². The maximum absolute atomic E-state index is 11.5.